The maximum Gasteiger partial charge on any atom is 0.164 e. The van der Waals surface area contributed by atoms with E-state index in [1.54, 1.807) is 18.9 Å². The Morgan fingerprint density at radius 2 is 1.82 bits per heavy atom. The minimum Gasteiger partial charge on any atom is -0.497 e. The van der Waals surface area contributed by atoms with Crippen molar-refractivity contribution in [3.05, 3.63) is 65.7 Å². The molecule has 0 radical (unpaired) electrons. The third-order valence-corrected chi connectivity index (χ3v) is 4.62. The summed E-state index contributed by atoms with van der Waals surface area (Å²) in [5.74, 6) is 1.52. The normalized spacial score (nSPS) is 11.9. The highest BCUT2D eigenvalue weighted by Crippen LogP contribution is 2.34. The van der Waals surface area contributed by atoms with Gasteiger partial charge in [-0.15, -0.1) is 0 Å². The molecule has 2 rings (SSSR count). The van der Waals surface area contributed by atoms with Crippen LogP contribution in [0.3, 0.4) is 0 Å². The van der Waals surface area contributed by atoms with Crippen LogP contribution in [0.5, 0.6) is 5.75 Å². The lowest BCUT2D eigenvalue weighted by Crippen LogP contribution is -2.06. The van der Waals surface area contributed by atoms with Crippen molar-refractivity contribution in [3.63, 3.8) is 0 Å². The Hall–Kier alpha value is -1.78. The number of carbonyl (C=O) groups excluding carboxylic acids is 1. The zero-order valence-electron chi connectivity index (χ0n) is 12.6. The average Bonchev–Trinajstić information content (AvgIpc) is 2.59. The number of methoxy groups -OCH3 is 1. The smallest absolute Gasteiger partial charge is 0.164 e. The first-order chi connectivity index (χ1) is 10.7. The summed E-state index contributed by atoms with van der Waals surface area (Å²) in [4.78, 5) is 12.4. The molecule has 0 unspecified atom stereocenters. The molecule has 0 saturated heterocycles. The zero-order chi connectivity index (χ0) is 15.8. The van der Waals surface area contributed by atoms with E-state index in [0.717, 1.165) is 16.9 Å². The van der Waals surface area contributed by atoms with Gasteiger partial charge in [0.2, 0.25) is 0 Å². The number of rotatable bonds is 8. The van der Waals surface area contributed by atoms with E-state index in [0.29, 0.717) is 12.2 Å². The van der Waals surface area contributed by atoms with Crippen LogP contribution in [0.1, 0.15) is 27.6 Å². The third kappa shape index (κ3) is 4.61. The van der Waals surface area contributed by atoms with Crippen molar-refractivity contribution in [2.45, 2.75) is 11.7 Å². The monoisotopic (exact) mass is 316 g/mol. The second kappa shape index (κ2) is 8.61. The molecule has 2 aromatic rings. The Morgan fingerprint density at radius 1 is 1.14 bits per heavy atom. The highest BCUT2D eigenvalue weighted by Gasteiger charge is 2.17. The van der Waals surface area contributed by atoms with Crippen molar-refractivity contribution in [2.24, 2.45) is 0 Å². The molecule has 0 fully saturated rings. The lowest BCUT2D eigenvalue weighted by Gasteiger charge is -2.16. The molecule has 0 heterocycles. The second-order valence-corrected chi connectivity index (χ2v) is 6.16. The van der Waals surface area contributed by atoms with E-state index in [9.17, 15) is 4.79 Å². The Bertz CT molecular complexity index is 581. The van der Waals surface area contributed by atoms with Crippen LogP contribution in [0.25, 0.3) is 0 Å². The predicted molar refractivity (Wildman–Crippen MR) is 90.7 cm³/mol. The molecule has 116 valence electrons. The number of thioether (sulfide) groups is 1. The van der Waals surface area contributed by atoms with Crippen LogP contribution in [0.2, 0.25) is 0 Å². The highest BCUT2D eigenvalue weighted by atomic mass is 32.2. The summed E-state index contributed by atoms with van der Waals surface area (Å²) in [7, 11) is 1.63. The van der Waals surface area contributed by atoms with Gasteiger partial charge >= 0.3 is 0 Å². The number of Topliss-reactive ketones (excluding diaryl/α,β-unsaturated/α-hetero) is 1. The fourth-order valence-corrected chi connectivity index (χ4v) is 3.21. The number of aliphatic hydroxyl groups is 1. The summed E-state index contributed by atoms with van der Waals surface area (Å²) < 4.78 is 5.17. The fourth-order valence-electron chi connectivity index (χ4n) is 2.20. The summed E-state index contributed by atoms with van der Waals surface area (Å²) in [6.45, 7) is 0.108. The molecule has 0 aliphatic rings. The molecule has 0 spiro atoms. The minimum absolute atomic E-state index is 0.0331. The fraction of sp³-hybridized carbons (Fsp3) is 0.278. The summed E-state index contributed by atoms with van der Waals surface area (Å²) >= 11 is 1.60. The Labute approximate surface area is 135 Å². The van der Waals surface area contributed by atoms with Crippen LogP contribution in [0.4, 0.5) is 0 Å². The number of aliphatic hydroxyl groups excluding tert-OH is 1. The topological polar surface area (TPSA) is 46.5 Å². The second-order valence-electron chi connectivity index (χ2n) is 4.85. The van der Waals surface area contributed by atoms with Crippen molar-refractivity contribution >= 4 is 17.5 Å². The quantitative estimate of drug-likeness (QED) is 0.754. The van der Waals surface area contributed by atoms with E-state index in [1.165, 1.54) is 0 Å². The number of benzene rings is 2. The molecular formula is C18H20O3S. The standard InChI is InChI=1S/C18H20O3S/c1-21-16-9-7-15(8-10-16)18(22-12-11-19)13-17(20)14-5-3-2-4-6-14/h2-10,18-19H,11-13H2,1H3/t18-/m0/s1. The summed E-state index contributed by atoms with van der Waals surface area (Å²) in [5, 5.41) is 9.10. The van der Waals surface area contributed by atoms with Gasteiger partial charge in [0.1, 0.15) is 5.75 Å². The van der Waals surface area contributed by atoms with E-state index >= 15 is 0 Å². The molecule has 3 nitrogen and oxygen atoms in total. The predicted octanol–water partition coefficient (Wildman–Crippen LogP) is 3.73. The summed E-state index contributed by atoms with van der Waals surface area (Å²) in [6, 6.07) is 17.1. The number of carbonyl (C=O) groups is 1. The number of ether oxygens (including phenoxy) is 1. The number of hydrogen-bond donors (Lipinski definition) is 1. The average molecular weight is 316 g/mol. The molecular weight excluding hydrogens is 296 g/mol. The lowest BCUT2D eigenvalue weighted by molar-refractivity contribution is 0.0982. The molecule has 0 aromatic heterocycles. The van der Waals surface area contributed by atoms with Gasteiger partial charge in [0.05, 0.1) is 13.7 Å². The van der Waals surface area contributed by atoms with Crippen LogP contribution in [-0.2, 0) is 0 Å². The third-order valence-electron chi connectivity index (χ3n) is 3.36. The molecule has 0 saturated carbocycles. The van der Waals surface area contributed by atoms with Crippen LogP contribution in [-0.4, -0.2) is 30.4 Å². The highest BCUT2D eigenvalue weighted by molar-refractivity contribution is 7.99. The van der Waals surface area contributed by atoms with Crippen molar-refractivity contribution in [1.29, 1.82) is 0 Å². The number of hydrogen-bond acceptors (Lipinski definition) is 4. The van der Waals surface area contributed by atoms with Gasteiger partial charge in [-0.25, -0.2) is 0 Å². The van der Waals surface area contributed by atoms with Crippen molar-refractivity contribution < 1.29 is 14.6 Å². The van der Waals surface area contributed by atoms with Gasteiger partial charge in [-0.3, -0.25) is 4.79 Å². The van der Waals surface area contributed by atoms with Gasteiger partial charge in [0.15, 0.2) is 5.78 Å². The largest absolute Gasteiger partial charge is 0.497 e. The molecule has 0 amide bonds. The van der Waals surface area contributed by atoms with Gasteiger partial charge < -0.3 is 9.84 Å². The van der Waals surface area contributed by atoms with E-state index in [-0.39, 0.29) is 17.6 Å². The SMILES string of the molecule is COc1ccc([C@H](CC(=O)c2ccccc2)SCCO)cc1. The first kappa shape index (κ1) is 16.6. The van der Waals surface area contributed by atoms with Gasteiger partial charge in [-0.1, -0.05) is 42.5 Å². The van der Waals surface area contributed by atoms with E-state index in [2.05, 4.69) is 0 Å². The van der Waals surface area contributed by atoms with Crippen molar-refractivity contribution in [1.82, 2.24) is 0 Å². The molecule has 0 aliphatic heterocycles. The van der Waals surface area contributed by atoms with Crippen molar-refractivity contribution in [2.75, 3.05) is 19.5 Å². The van der Waals surface area contributed by atoms with Gasteiger partial charge in [0, 0.05) is 23.0 Å². The Morgan fingerprint density at radius 3 is 2.41 bits per heavy atom. The first-order valence-corrected chi connectivity index (χ1v) is 8.24. The molecule has 22 heavy (non-hydrogen) atoms. The summed E-state index contributed by atoms with van der Waals surface area (Å²) in [6.07, 6.45) is 0.418. The zero-order valence-corrected chi connectivity index (χ0v) is 13.4. The van der Waals surface area contributed by atoms with Gasteiger partial charge in [0.25, 0.3) is 0 Å². The van der Waals surface area contributed by atoms with Crippen LogP contribution in [0, 0.1) is 0 Å². The Kier molecular flexibility index (Phi) is 6.49. The van der Waals surface area contributed by atoms with E-state index in [1.807, 2.05) is 54.6 Å². The maximum atomic E-state index is 12.4. The minimum atomic E-state index is 0.0331. The van der Waals surface area contributed by atoms with Crippen molar-refractivity contribution in [3.8, 4) is 5.75 Å². The van der Waals surface area contributed by atoms with E-state index < -0.39 is 0 Å². The molecule has 0 bridgehead atoms. The van der Waals surface area contributed by atoms with Crippen LogP contribution < -0.4 is 4.74 Å². The molecule has 1 N–H and O–H groups in total. The van der Waals surface area contributed by atoms with Crippen LogP contribution >= 0.6 is 11.8 Å². The summed E-state index contributed by atoms with van der Waals surface area (Å²) in [5.41, 5.74) is 1.80. The van der Waals surface area contributed by atoms with E-state index in [4.69, 9.17) is 9.84 Å². The maximum absolute atomic E-state index is 12.4. The molecule has 1 atom stereocenters. The number of ketones is 1. The van der Waals surface area contributed by atoms with Gasteiger partial charge in [-0.2, -0.15) is 11.8 Å². The van der Waals surface area contributed by atoms with Gasteiger partial charge in [-0.05, 0) is 17.7 Å². The molecule has 0 aliphatic carbocycles. The first-order valence-electron chi connectivity index (χ1n) is 7.19. The van der Waals surface area contributed by atoms with Crippen LogP contribution in [0.15, 0.2) is 54.6 Å². The molecule has 4 heteroatoms. The lowest BCUT2D eigenvalue weighted by atomic mass is 10.0. The Balaban J connectivity index is 2.13. The molecule has 2 aromatic carbocycles.